The molecular weight excluding hydrogens is 452 g/mol. The molecule has 1 aromatic carbocycles. The number of amides is 1. The Morgan fingerprint density at radius 3 is 2.65 bits per heavy atom. The van der Waals surface area contributed by atoms with Crippen LogP contribution in [0.3, 0.4) is 0 Å². The molecule has 1 saturated heterocycles. The first-order valence-electron chi connectivity index (χ1n) is 11.5. The Kier molecular flexibility index (Phi) is 7.20. The Labute approximate surface area is 204 Å². The van der Waals surface area contributed by atoms with Crippen molar-refractivity contribution in [2.75, 3.05) is 48.3 Å². The molecule has 178 valence electrons. The molecule has 0 spiro atoms. The van der Waals surface area contributed by atoms with Crippen LogP contribution in [0.5, 0.6) is 0 Å². The van der Waals surface area contributed by atoms with Gasteiger partial charge in [-0.1, -0.05) is 25.1 Å². The number of halogens is 1. The van der Waals surface area contributed by atoms with Crippen LogP contribution in [-0.2, 0) is 4.79 Å². The summed E-state index contributed by atoms with van der Waals surface area (Å²) in [6.45, 7) is 10.6. The zero-order valence-electron chi connectivity index (χ0n) is 19.3. The maximum absolute atomic E-state index is 12.0. The number of hydrogen-bond acceptors (Lipinski definition) is 8. The molecule has 0 atom stereocenters. The second kappa shape index (κ2) is 10.3. The topological polar surface area (TPSA) is 123 Å². The number of hydrogen-bond donors (Lipinski definition) is 3. The molecule has 2 aliphatic rings. The van der Waals surface area contributed by atoms with Crippen molar-refractivity contribution in [3.8, 4) is 6.07 Å². The van der Waals surface area contributed by atoms with Crippen LogP contribution in [0.4, 0.5) is 23.1 Å². The van der Waals surface area contributed by atoms with E-state index in [1.165, 1.54) is 6.20 Å². The molecule has 1 amide bonds. The zero-order chi connectivity index (χ0) is 24.2. The van der Waals surface area contributed by atoms with Crippen LogP contribution in [-0.4, -0.2) is 59.5 Å². The SMILES string of the molecule is C=C(C(N)=O)c1cc(N2CCN(CC)CC2)c(Cl)cc1Nc1ncc(C#N)c(NC2CCC2)n1. The predicted molar refractivity (Wildman–Crippen MR) is 135 cm³/mol. The van der Waals surface area contributed by atoms with Gasteiger partial charge in [-0.15, -0.1) is 0 Å². The Morgan fingerprint density at radius 1 is 1.32 bits per heavy atom. The van der Waals surface area contributed by atoms with Crippen molar-refractivity contribution in [3.05, 3.63) is 41.1 Å². The summed E-state index contributed by atoms with van der Waals surface area (Å²) in [6.07, 6.45) is 4.72. The van der Waals surface area contributed by atoms with E-state index in [0.717, 1.165) is 57.7 Å². The Hall–Kier alpha value is -3.35. The van der Waals surface area contributed by atoms with Crippen LogP contribution in [0.2, 0.25) is 5.02 Å². The minimum absolute atomic E-state index is 0.161. The standard InChI is InChI=1S/C24H29ClN8O/c1-3-32-7-9-33(10-8-32)21-11-18(15(2)22(27)34)20(12-19(21)25)30-24-28-14-16(13-26)23(31-24)29-17-5-4-6-17/h11-12,14,17H,2-10H2,1H3,(H2,27,34)(H2,28,29,30,31). The van der Waals surface area contributed by atoms with E-state index in [1.807, 2.05) is 6.07 Å². The molecule has 0 bridgehead atoms. The van der Waals surface area contributed by atoms with Crippen LogP contribution in [0.25, 0.3) is 5.57 Å². The highest BCUT2D eigenvalue weighted by Gasteiger charge is 2.23. The summed E-state index contributed by atoms with van der Waals surface area (Å²) in [5.74, 6) is 0.136. The highest BCUT2D eigenvalue weighted by atomic mass is 35.5. The van der Waals surface area contributed by atoms with Gasteiger partial charge in [0.2, 0.25) is 11.9 Å². The van der Waals surface area contributed by atoms with Crippen LogP contribution >= 0.6 is 11.6 Å². The smallest absolute Gasteiger partial charge is 0.248 e. The lowest BCUT2D eigenvalue weighted by Gasteiger charge is -2.36. The Morgan fingerprint density at radius 2 is 2.06 bits per heavy atom. The quantitative estimate of drug-likeness (QED) is 0.491. The summed E-state index contributed by atoms with van der Waals surface area (Å²) in [5, 5.41) is 16.4. The van der Waals surface area contributed by atoms with E-state index in [1.54, 1.807) is 6.07 Å². The summed E-state index contributed by atoms with van der Waals surface area (Å²) >= 11 is 6.69. The first kappa shape index (κ1) is 23.8. The van der Waals surface area contributed by atoms with Gasteiger partial charge in [0, 0.05) is 43.4 Å². The summed E-state index contributed by atoms with van der Waals surface area (Å²) < 4.78 is 0. The van der Waals surface area contributed by atoms with Crippen molar-refractivity contribution in [2.24, 2.45) is 5.73 Å². The molecule has 4 N–H and O–H groups in total. The lowest BCUT2D eigenvalue weighted by atomic mass is 9.93. The summed E-state index contributed by atoms with van der Waals surface area (Å²) in [6, 6.07) is 6.02. The lowest BCUT2D eigenvalue weighted by Crippen LogP contribution is -2.46. The average molecular weight is 481 g/mol. The molecule has 1 aromatic heterocycles. The van der Waals surface area contributed by atoms with E-state index < -0.39 is 5.91 Å². The third-order valence-corrected chi connectivity index (χ3v) is 6.77. The fourth-order valence-corrected chi connectivity index (χ4v) is 4.38. The number of benzene rings is 1. The van der Waals surface area contributed by atoms with Gasteiger partial charge < -0.3 is 26.2 Å². The van der Waals surface area contributed by atoms with Gasteiger partial charge in [-0.25, -0.2) is 4.98 Å². The normalized spacial score (nSPS) is 16.4. The molecule has 2 fully saturated rings. The molecule has 1 aliphatic heterocycles. The molecule has 9 nitrogen and oxygen atoms in total. The Bertz CT molecular complexity index is 1130. The van der Waals surface area contributed by atoms with E-state index in [0.29, 0.717) is 33.7 Å². The largest absolute Gasteiger partial charge is 0.368 e. The van der Waals surface area contributed by atoms with Gasteiger partial charge in [-0.3, -0.25) is 4.79 Å². The Balaban J connectivity index is 1.65. The number of primary amides is 1. The number of piperazine rings is 1. The minimum Gasteiger partial charge on any atom is -0.368 e. The number of nitrogens with two attached hydrogens (primary N) is 1. The van der Waals surface area contributed by atoms with Gasteiger partial charge in [0.05, 0.1) is 22.6 Å². The highest BCUT2D eigenvalue weighted by Crippen LogP contribution is 2.37. The predicted octanol–water partition coefficient (Wildman–Crippen LogP) is 3.35. The van der Waals surface area contributed by atoms with E-state index >= 15 is 0 Å². The van der Waals surface area contributed by atoms with Crippen molar-refractivity contribution >= 4 is 46.2 Å². The monoisotopic (exact) mass is 480 g/mol. The fraction of sp³-hybridized carbons (Fsp3) is 0.417. The second-order valence-corrected chi connectivity index (χ2v) is 8.99. The lowest BCUT2D eigenvalue weighted by molar-refractivity contribution is -0.112. The van der Waals surface area contributed by atoms with Gasteiger partial charge in [0.25, 0.3) is 0 Å². The van der Waals surface area contributed by atoms with E-state index in [-0.39, 0.29) is 11.5 Å². The van der Waals surface area contributed by atoms with Crippen LogP contribution < -0.4 is 21.3 Å². The van der Waals surface area contributed by atoms with E-state index in [2.05, 4.69) is 50.0 Å². The molecule has 1 saturated carbocycles. The molecule has 34 heavy (non-hydrogen) atoms. The zero-order valence-corrected chi connectivity index (χ0v) is 20.0. The minimum atomic E-state index is -0.625. The van der Waals surface area contributed by atoms with Gasteiger partial charge in [-0.2, -0.15) is 10.2 Å². The van der Waals surface area contributed by atoms with Crippen molar-refractivity contribution in [1.82, 2.24) is 14.9 Å². The van der Waals surface area contributed by atoms with E-state index in [9.17, 15) is 10.1 Å². The number of carbonyl (C=O) groups is 1. The van der Waals surface area contributed by atoms with Gasteiger partial charge in [0.1, 0.15) is 17.5 Å². The first-order chi connectivity index (χ1) is 16.4. The number of aromatic nitrogens is 2. The molecule has 2 heterocycles. The van der Waals surface area contributed by atoms with Crippen molar-refractivity contribution in [2.45, 2.75) is 32.2 Å². The third kappa shape index (κ3) is 5.08. The summed E-state index contributed by atoms with van der Waals surface area (Å²) in [4.78, 5) is 25.4. The number of likely N-dealkylation sites (N-methyl/N-ethyl adjacent to an activating group) is 1. The van der Waals surface area contributed by atoms with Gasteiger partial charge in [0.15, 0.2) is 0 Å². The number of nitriles is 1. The molecule has 2 aromatic rings. The van der Waals surface area contributed by atoms with Gasteiger partial charge in [-0.05, 0) is 37.9 Å². The molecular formula is C24H29ClN8O. The van der Waals surface area contributed by atoms with Crippen molar-refractivity contribution < 1.29 is 4.79 Å². The average Bonchev–Trinajstić information content (AvgIpc) is 2.81. The van der Waals surface area contributed by atoms with Crippen LogP contribution in [0.15, 0.2) is 24.9 Å². The second-order valence-electron chi connectivity index (χ2n) is 8.58. The van der Waals surface area contributed by atoms with Crippen molar-refractivity contribution in [3.63, 3.8) is 0 Å². The van der Waals surface area contributed by atoms with Crippen LogP contribution in [0, 0.1) is 11.3 Å². The number of anilines is 4. The number of rotatable bonds is 8. The third-order valence-electron chi connectivity index (χ3n) is 6.47. The fourth-order valence-electron chi connectivity index (χ4n) is 4.10. The molecule has 1 aliphatic carbocycles. The van der Waals surface area contributed by atoms with Gasteiger partial charge >= 0.3 is 0 Å². The molecule has 0 radical (unpaired) electrons. The molecule has 4 rings (SSSR count). The highest BCUT2D eigenvalue weighted by molar-refractivity contribution is 6.34. The molecule has 10 heteroatoms. The van der Waals surface area contributed by atoms with E-state index in [4.69, 9.17) is 17.3 Å². The van der Waals surface area contributed by atoms with Crippen LogP contribution in [0.1, 0.15) is 37.3 Å². The number of nitrogens with one attached hydrogen (secondary N) is 2. The maximum Gasteiger partial charge on any atom is 0.248 e. The summed E-state index contributed by atoms with van der Waals surface area (Å²) in [5.41, 5.74) is 7.99. The molecule has 0 unspecified atom stereocenters. The number of carbonyl (C=O) groups excluding carboxylic acids is 1. The number of nitrogens with zero attached hydrogens (tertiary/aromatic N) is 5. The maximum atomic E-state index is 12.0. The first-order valence-corrected chi connectivity index (χ1v) is 11.9. The van der Waals surface area contributed by atoms with Crippen molar-refractivity contribution in [1.29, 1.82) is 5.26 Å². The summed E-state index contributed by atoms with van der Waals surface area (Å²) in [7, 11) is 0.